The van der Waals surface area contributed by atoms with Crippen molar-refractivity contribution in [2.24, 2.45) is 0 Å². The molecule has 1 amide bonds. The molecule has 2 aromatic heterocycles. The Morgan fingerprint density at radius 3 is 2.36 bits per heavy atom. The minimum Gasteiger partial charge on any atom is -0.329 e. The van der Waals surface area contributed by atoms with Crippen LogP contribution in [-0.4, -0.2) is 27.0 Å². The van der Waals surface area contributed by atoms with E-state index in [1.54, 1.807) is 23.6 Å². The molecule has 0 spiro atoms. The molecule has 0 saturated heterocycles. The van der Waals surface area contributed by atoms with Crippen molar-refractivity contribution in [1.82, 2.24) is 14.5 Å². The average molecular weight is 488 g/mol. The number of aromatic nitrogens is 2. The number of hydrogen-bond donors (Lipinski definition) is 0. The molecule has 4 nitrogen and oxygen atoms in total. The topological polar surface area (TPSA) is 37.6 Å². The van der Waals surface area contributed by atoms with Crippen LogP contribution in [0.3, 0.4) is 0 Å². The zero-order chi connectivity index (χ0) is 25.9. The van der Waals surface area contributed by atoms with Crippen molar-refractivity contribution >= 4 is 11.4 Å². The number of hydrogen-bond acceptors (Lipinski definition) is 2. The normalized spacial score (nSPS) is 15.0. The van der Waals surface area contributed by atoms with Gasteiger partial charge in [0.05, 0.1) is 33.6 Å². The van der Waals surface area contributed by atoms with Crippen molar-refractivity contribution in [2.45, 2.75) is 59.4 Å². The number of aryl methyl sites for hydroxylation is 2. The first kappa shape index (κ1) is 24.2. The molecule has 6 heteroatoms. The summed E-state index contributed by atoms with van der Waals surface area (Å²) in [5.74, 6) is -1.39. The van der Waals surface area contributed by atoms with Crippen molar-refractivity contribution in [3.63, 3.8) is 0 Å². The fourth-order valence-corrected chi connectivity index (χ4v) is 5.66. The number of amides is 1. The SMILES string of the molecule is Cc1ccc2c(c1)C(C)(C)N(C(=O)c1ccc3c(-c4c(F)cccc4F)c(C)nn3c1C(C)C)CC2. The number of rotatable bonds is 3. The van der Waals surface area contributed by atoms with Crippen LogP contribution in [0.25, 0.3) is 16.6 Å². The van der Waals surface area contributed by atoms with Gasteiger partial charge in [0.2, 0.25) is 0 Å². The van der Waals surface area contributed by atoms with Crippen LogP contribution >= 0.6 is 0 Å². The first-order valence-corrected chi connectivity index (χ1v) is 12.4. The lowest BCUT2D eigenvalue weighted by Gasteiger charge is -2.44. The molecular weight excluding hydrogens is 456 g/mol. The third-order valence-electron chi connectivity index (χ3n) is 7.45. The second-order valence-corrected chi connectivity index (χ2v) is 10.6. The van der Waals surface area contributed by atoms with Crippen molar-refractivity contribution in [1.29, 1.82) is 0 Å². The monoisotopic (exact) mass is 487 g/mol. The molecule has 4 aromatic rings. The van der Waals surface area contributed by atoms with Crippen molar-refractivity contribution in [3.05, 3.63) is 93.8 Å². The van der Waals surface area contributed by atoms with Gasteiger partial charge in [-0.15, -0.1) is 0 Å². The summed E-state index contributed by atoms with van der Waals surface area (Å²) < 4.78 is 31.2. The summed E-state index contributed by atoms with van der Waals surface area (Å²) >= 11 is 0. The van der Waals surface area contributed by atoms with Gasteiger partial charge in [-0.25, -0.2) is 13.3 Å². The van der Waals surface area contributed by atoms with Crippen molar-refractivity contribution in [3.8, 4) is 11.1 Å². The van der Waals surface area contributed by atoms with Crippen molar-refractivity contribution in [2.75, 3.05) is 6.54 Å². The summed E-state index contributed by atoms with van der Waals surface area (Å²) in [6.45, 7) is 12.6. The van der Waals surface area contributed by atoms with Crippen LogP contribution in [0, 0.1) is 25.5 Å². The van der Waals surface area contributed by atoms with E-state index in [0.717, 1.165) is 12.1 Å². The van der Waals surface area contributed by atoms with Crippen LogP contribution in [0.1, 0.15) is 72.0 Å². The highest BCUT2D eigenvalue weighted by molar-refractivity contribution is 5.97. The highest BCUT2D eigenvalue weighted by Gasteiger charge is 2.39. The summed E-state index contributed by atoms with van der Waals surface area (Å²) in [6, 6.07) is 13.9. The highest BCUT2D eigenvalue weighted by atomic mass is 19.1. The third-order valence-corrected chi connectivity index (χ3v) is 7.45. The van der Waals surface area contributed by atoms with Crippen LogP contribution in [0.4, 0.5) is 8.78 Å². The molecule has 0 aliphatic carbocycles. The molecule has 3 heterocycles. The van der Waals surface area contributed by atoms with E-state index in [0.29, 0.717) is 28.9 Å². The first-order chi connectivity index (χ1) is 17.0. The first-order valence-electron chi connectivity index (χ1n) is 12.4. The van der Waals surface area contributed by atoms with Gasteiger partial charge in [-0.1, -0.05) is 43.7 Å². The zero-order valence-corrected chi connectivity index (χ0v) is 21.6. The number of fused-ring (bicyclic) bond motifs is 2. The van der Waals surface area contributed by atoms with E-state index in [2.05, 4.69) is 44.1 Å². The average Bonchev–Trinajstić information content (AvgIpc) is 3.14. The van der Waals surface area contributed by atoms with Gasteiger partial charge in [0.1, 0.15) is 11.6 Å². The van der Waals surface area contributed by atoms with E-state index in [4.69, 9.17) is 0 Å². The molecule has 0 bridgehead atoms. The molecule has 1 aliphatic heterocycles. The van der Waals surface area contributed by atoms with Crippen LogP contribution in [-0.2, 0) is 12.0 Å². The molecule has 0 radical (unpaired) electrons. The van der Waals surface area contributed by atoms with E-state index in [1.807, 2.05) is 18.7 Å². The summed E-state index contributed by atoms with van der Waals surface area (Å²) in [7, 11) is 0. The van der Waals surface area contributed by atoms with Gasteiger partial charge in [-0.2, -0.15) is 5.10 Å². The molecule has 36 heavy (non-hydrogen) atoms. The molecule has 186 valence electrons. The van der Waals surface area contributed by atoms with E-state index in [9.17, 15) is 13.6 Å². The van der Waals surface area contributed by atoms with Gasteiger partial charge in [-0.05, 0) is 75.4 Å². The van der Waals surface area contributed by atoms with Gasteiger partial charge in [0.15, 0.2) is 0 Å². The number of benzene rings is 2. The Bertz CT molecular complexity index is 1500. The lowest BCUT2D eigenvalue weighted by atomic mass is 9.82. The molecule has 2 aromatic carbocycles. The predicted octanol–water partition coefficient (Wildman–Crippen LogP) is 6.95. The van der Waals surface area contributed by atoms with Gasteiger partial charge in [0.25, 0.3) is 5.91 Å². The molecular formula is C30H31F2N3O. The van der Waals surface area contributed by atoms with Gasteiger partial charge >= 0.3 is 0 Å². The van der Waals surface area contributed by atoms with Crippen LogP contribution in [0.2, 0.25) is 0 Å². The second-order valence-electron chi connectivity index (χ2n) is 10.6. The summed E-state index contributed by atoms with van der Waals surface area (Å²) in [5.41, 5.74) is 5.82. The number of pyridine rings is 1. The molecule has 0 saturated carbocycles. The standard InChI is InChI=1S/C30H31F2N3O/c1-17(2)28-21(29(36)34-15-14-20-11-10-18(3)16-22(20)30(34,5)6)12-13-25-26(19(4)33-35(25)28)27-23(31)8-7-9-24(27)32/h7-13,16-17H,14-15H2,1-6H3. The Hall–Kier alpha value is -3.54. The lowest BCUT2D eigenvalue weighted by Crippen LogP contribution is -2.50. The molecule has 0 N–H and O–H groups in total. The zero-order valence-electron chi connectivity index (χ0n) is 21.6. The van der Waals surface area contributed by atoms with Crippen LogP contribution in [0.5, 0.6) is 0 Å². The quantitative estimate of drug-likeness (QED) is 0.313. The Kier molecular flexibility index (Phi) is 5.73. The summed E-state index contributed by atoms with van der Waals surface area (Å²) in [5, 5.41) is 4.68. The Labute approximate surface area is 210 Å². The maximum Gasteiger partial charge on any atom is 0.256 e. The number of halogens is 2. The molecule has 1 aliphatic rings. The van der Waals surface area contributed by atoms with Crippen LogP contribution in [0.15, 0.2) is 48.5 Å². The maximum atomic E-state index is 14.7. The second kappa shape index (κ2) is 8.54. The van der Waals surface area contributed by atoms with Crippen molar-refractivity contribution < 1.29 is 13.6 Å². The number of carbonyl (C=O) groups excluding carboxylic acids is 1. The minimum atomic E-state index is -0.636. The van der Waals surface area contributed by atoms with E-state index >= 15 is 0 Å². The fourth-order valence-electron chi connectivity index (χ4n) is 5.66. The molecule has 5 rings (SSSR count). The molecule has 0 fully saturated rings. The summed E-state index contributed by atoms with van der Waals surface area (Å²) in [4.78, 5) is 16.1. The lowest BCUT2D eigenvalue weighted by molar-refractivity contribution is 0.0510. The smallest absolute Gasteiger partial charge is 0.256 e. The van der Waals surface area contributed by atoms with Crippen LogP contribution < -0.4 is 0 Å². The predicted molar refractivity (Wildman–Crippen MR) is 138 cm³/mol. The van der Waals surface area contributed by atoms with Gasteiger partial charge < -0.3 is 4.90 Å². The Morgan fingerprint density at radius 2 is 1.69 bits per heavy atom. The minimum absolute atomic E-state index is 0.0484. The molecule has 0 unspecified atom stereocenters. The number of nitrogens with zero attached hydrogens (tertiary/aromatic N) is 3. The van der Waals surface area contributed by atoms with E-state index in [-0.39, 0.29) is 17.4 Å². The maximum absolute atomic E-state index is 14.7. The highest BCUT2D eigenvalue weighted by Crippen LogP contribution is 2.39. The fraction of sp³-hybridized carbons (Fsp3) is 0.333. The largest absolute Gasteiger partial charge is 0.329 e. The van der Waals surface area contributed by atoms with E-state index < -0.39 is 17.2 Å². The Balaban J connectivity index is 1.67. The summed E-state index contributed by atoms with van der Waals surface area (Å²) in [6.07, 6.45) is 0.793. The number of carbonyl (C=O) groups is 1. The van der Waals surface area contributed by atoms with E-state index in [1.165, 1.54) is 34.9 Å². The van der Waals surface area contributed by atoms with Gasteiger partial charge in [0, 0.05) is 12.1 Å². The third kappa shape index (κ3) is 3.62. The molecule has 0 atom stereocenters. The Morgan fingerprint density at radius 1 is 1.00 bits per heavy atom. The van der Waals surface area contributed by atoms with Gasteiger partial charge in [-0.3, -0.25) is 4.79 Å².